The maximum absolute atomic E-state index is 13.4. The summed E-state index contributed by atoms with van der Waals surface area (Å²) in [7, 11) is -2.48. The van der Waals surface area contributed by atoms with Crippen LogP contribution in [0, 0.1) is 5.82 Å². The van der Waals surface area contributed by atoms with Gasteiger partial charge in [0.15, 0.2) is 5.78 Å². The highest BCUT2D eigenvalue weighted by Crippen LogP contribution is 2.41. The van der Waals surface area contributed by atoms with E-state index in [4.69, 9.17) is 14.9 Å². The predicted octanol–water partition coefficient (Wildman–Crippen LogP) is 2.84. The molecule has 10 nitrogen and oxygen atoms in total. The molecule has 33 heavy (non-hydrogen) atoms. The number of anilines is 1. The summed E-state index contributed by atoms with van der Waals surface area (Å²) in [4.78, 5) is 35.3. The molecule has 0 atom stereocenters. The van der Waals surface area contributed by atoms with Gasteiger partial charge in [0.2, 0.25) is 10.0 Å². The summed E-state index contributed by atoms with van der Waals surface area (Å²) in [5.41, 5.74) is 5.09. The first-order chi connectivity index (χ1) is 15.4. The second-order valence-corrected chi connectivity index (χ2v) is 9.07. The molecule has 0 saturated carbocycles. The van der Waals surface area contributed by atoms with E-state index in [1.807, 2.05) is 0 Å². The van der Waals surface area contributed by atoms with Crippen molar-refractivity contribution < 1.29 is 41.1 Å². The van der Waals surface area contributed by atoms with Gasteiger partial charge < -0.3 is 19.6 Å². The van der Waals surface area contributed by atoms with Gasteiger partial charge >= 0.3 is 12.1 Å². The van der Waals surface area contributed by atoms with Gasteiger partial charge in [-0.2, -0.15) is 0 Å². The van der Waals surface area contributed by atoms with E-state index in [1.165, 1.54) is 38.2 Å². The Morgan fingerprint density at radius 2 is 1.79 bits per heavy atom. The second-order valence-electron chi connectivity index (χ2n) is 7.06. The first-order valence-electron chi connectivity index (χ1n) is 9.32. The summed E-state index contributed by atoms with van der Waals surface area (Å²) in [5, 5.41) is 0.0878. The summed E-state index contributed by atoms with van der Waals surface area (Å²) < 4.78 is 54.4. The number of hydrogen-bond acceptors (Lipinski definition) is 8. The van der Waals surface area contributed by atoms with Gasteiger partial charge in [-0.15, -0.1) is 0 Å². The van der Waals surface area contributed by atoms with Crippen LogP contribution in [0.25, 0.3) is 22.3 Å². The maximum atomic E-state index is 13.4. The Kier molecular flexibility index (Phi) is 6.40. The lowest BCUT2D eigenvalue weighted by atomic mass is 10.0. The van der Waals surface area contributed by atoms with Crippen LogP contribution in [0.15, 0.2) is 40.8 Å². The number of esters is 1. The summed E-state index contributed by atoms with van der Waals surface area (Å²) in [5.74, 6) is -2.15. The van der Waals surface area contributed by atoms with Gasteiger partial charge in [-0.05, 0) is 37.3 Å². The largest absolute Gasteiger partial charge is 0.484 e. The minimum atomic E-state index is -3.75. The van der Waals surface area contributed by atoms with E-state index >= 15 is 0 Å². The van der Waals surface area contributed by atoms with Gasteiger partial charge in [0, 0.05) is 24.1 Å². The van der Waals surface area contributed by atoms with Gasteiger partial charge in [-0.25, -0.2) is 22.4 Å². The second kappa shape index (κ2) is 8.90. The Morgan fingerprint density at radius 1 is 1.15 bits per heavy atom. The number of hydrogen-bond donors (Lipinski definition) is 1. The fraction of sp³-hybridized carbons (Fsp3) is 0.190. The number of Topliss-reactive ketones (excluding diaryl/α,β-unsaturated/α-hetero) is 1. The van der Waals surface area contributed by atoms with Crippen LogP contribution in [-0.2, 0) is 19.6 Å². The molecule has 0 aliphatic heterocycles. The Hall–Kier alpha value is -3.93. The standard InChI is InChI=1S/C21H19FN2O8S/c1-11(25)10-30-17-8-14-16(9-15(17)24(2)33(3,28)29)31-19(12-4-6-13(22)7-5-12)18(14)20(26)32-21(23)27/h4-9H,10H2,1-3H3,(H2,23,27). The van der Waals surface area contributed by atoms with E-state index in [9.17, 15) is 27.2 Å². The van der Waals surface area contributed by atoms with Crippen LogP contribution in [0.5, 0.6) is 5.75 Å². The van der Waals surface area contributed by atoms with Crippen molar-refractivity contribution in [2.24, 2.45) is 5.73 Å². The highest BCUT2D eigenvalue weighted by Gasteiger charge is 2.28. The molecule has 0 unspecified atom stereocenters. The van der Waals surface area contributed by atoms with Gasteiger partial charge in [0.05, 0.1) is 11.9 Å². The molecule has 0 saturated heterocycles. The molecule has 3 rings (SSSR count). The number of fused-ring (bicyclic) bond motifs is 1. The van der Waals surface area contributed by atoms with Crippen molar-refractivity contribution >= 4 is 44.5 Å². The zero-order valence-corrected chi connectivity index (χ0v) is 18.6. The first kappa shape index (κ1) is 23.7. The number of rotatable bonds is 7. The topological polar surface area (TPSA) is 146 Å². The summed E-state index contributed by atoms with van der Waals surface area (Å²) in [6.07, 6.45) is -0.394. The SMILES string of the molecule is CC(=O)COc1cc2c(C(=O)OC(N)=O)c(-c3ccc(F)cc3)oc2cc1N(C)S(C)(=O)=O. The van der Waals surface area contributed by atoms with E-state index in [-0.39, 0.29) is 51.7 Å². The number of carbonyl (C=O) groups is 3. The molecular formula is C21H19FN2O8S. The molecule has 0 aliphatic rings. The smallest absolute Gasteiger partial charge is 0.412 e. The van der Waals surface area contributed by atoms with Crippen LogP contribution in [0.3, 0.4) is 0 Å². The van der Waals surface area contributed by atoms with Crippen LogP contribution in [0.1, 0.15) is 17.3 Å². The van der Waals surface area contributed by atoms with Crippen molar-refractivity contribution in [3.63, 3.8) is 0 Å². The molecule has 1 heterocycles. The van der Waals surface area contributed by atoms with Gasteiger partial charge in [0.25, 0.3) is 0 Å². The fourth-order valence-electron chi connectivity index (χ4n) is 2.98. The number of benzene rings is 2. The maximum Gasteiger partial charge on any atom is 0.412 e. The number of ether oxygens (including phenoxy) is 2. The van der Waals surface area contributed by atoms with Crippen LogP contribution in [0.4, 0.5) is 14.9 Å². The Labute approximate surface area is 187 Å². The number of furan rings is 1. The van der Waals surface area contributed by atoms with Crippen LogP contribution >= 0.6 is 0 Å². The molecule has 174 valence electrons. The van der Waals surface area contributed by atoms with E-state index in [0.717, 1.165) is 22.7 Å². The van der Waals surface area contributed by atoms with Crippen LogP contribution in [-0.4, -0.2) is 46.2 Å². The summed E-state index contributed by atoms with van der Waals surface area (Å²) in [6.45, 7) is 0.901. The zero-order valence-electron chi connectivity index (χ0n) is 17.7. The first-order valence-corrected chi connectivity index (χ1v) is 11.2. The van der Waals surface area contributed by atoms with Crippen molar-refractivity contribution in [1.29, 1.82) is 0 Å². The third kappa shape index (κ3) is 5.12. The molecule has 0 spiro atoms. The number of ketones is 1. The third-order valence-corrected chi connectivity index (χ3v) is 5.73. The van der Waals surface area contributed by atoms with Gasteiger partial charge in [-0.3, -0.25) is 9.10 Å². The molecular weight excluding hydrogens is 459 g/mol. The number of halogens is 1. The molecule has 12 heteroatoms. The number of carbonyl (C=O) groups excluding carboxylic acids is 3. The van der Waals surface area contributed by atoms with E-state index in [2.05, 4.69) is 4.74 Å². The number of amides is 1. The summed E-state index contributed by atoms with van der Waals surface area (Å²) in [6, 6.07) is 7.52. The van der Waals surface area contributed by atoms with E-state index < -0.39 is 27.9 Å². The van der Waals surface area contributed by atoms with E-state index in [1.54, 1.807) is 0 Å². The number of primary amides is 1. The lowest BCUT2D eigenvalue weighted by molar-refractivity contribution is -0.118. The minimum Gasteiger partial charge on any atom is -0.484 e. The highest BCUT2D eigenvalue weighted by atomic mass is 32.2. The summed E-state index contributed by atoms with van der Waals surface area (Å²) >= 11 is 0. The van der Waals surface area contributed by atoms with Gasteiger partial charge in [0.1, 0.15) is 35.1 Å². The molecule has 2 aromatic carbocycles. The zero-order chi connectivity index (χ0) is 24.5. The molecule has 0 bridgehead atoms. The predicted molar refractivity (Wildman–Crippen MR) is 116 cm³/mol. The van der Waals surface area contributed by atoms with Crippen molar-refractivity contribution in [3.05, 3.63) is 47.8 Å². The van der Waals surface area contributed by atoms with Crippen molar-refractivity contribution in [2.45, 2.75) is 6.92 Å². The fourth-order valence-corrected chi connectivity index (χ4v) is 3.48. The van der Waals surface area contributed by atoms with Crippen molar-refractivity contribution in [3.8, 4) is 17.1 Å². The molecule has 2 N–H and O–H groups in total. The van der Waals surface area contributed by atoms with Crippen LogP contribution < -0.4 is 14.8 Å². The lowest BCUT2D eigenvalue weighted by Gasteiger charge is -2.20. The average Bonchev–Trinajstić information content (AvgIpc) is 3.08. The number of nitrogens with two attached hydrogens (primary N) is 1. The Bertz CT molecular complexity index is 1360. The van der Waals surface area contributed by atoms with Crippen molar-refractivity contribution in [2.75, 3.05) is 24.2 Å². The number of sulfonamides is 1. The van der Waals surface area contributed by atoms with Gasteiger partial charge in [-0.1, -0.05) is 0 Å². The minimum absolute atomic E-state index is 0.0282. The van der Waals surface area contributed by atoms with Crippen LogP contribution in [0.2, 0.25) is 0 Å². The van der Waals surface area contributed by atoms with E-state index in [0.29, 0.717) is 0 Å². The molecule has 3 aromatic rings. The third-order valence-electron chi connectivity index (χ3n) is 4.54. The average molecular weight is 478 g/mol. The quantitative estimate of drug-likeness (QED) is 0.403. The molecule has 0 fully saturated rings. The molecule has 1 aromatic heterocycles. The lowest BCUT2D eigenvalue weighted by Crippen LogP contribution is -2.25. The Balaban J connectivity index is 2.33. The van der Waals surface area contributed by atoms with Crippen molar-refractivity contribution in [1.82, 2.24) is 0 Å². The monoisotopic (exact) mass is 478 g/mol. The Morgan fingerprint density at radius 3 is 2.33 bits per heavy atom. The highest BCUT2D eigenvalue weighted by molar-refractivity contribution is 7.92. The molecule has 1 amide bonds. The molecule has 0 aliphatic carbocycles. The normalized spacial score (nSPS) is 11.3. The molecule has 0 radical (unpaired) electrons. The number of nitrogens with zero attached hydrogens (tertiary/aromatic N) is 1.